The second-order valence-corrected chi connectivity index (χ2v) is 18.9. The molecule has 0 aliphatic rings. The van der Waals surface area contributed by atoms with Gasteiger partial charge in [0.25, 0.3) is 0 Å². The van der Waals surface area contributed by atoms with Gasteiger partial charge in [0.15, 0.2) is 0 Å². The number of hydrogen-bond acceptors (Lipinski definition) is 7. The normalized spacial score (nSPS) is 13.5. The lowest BCUT2D eigenvalue weighted by Gasteiger charge is -2.15. The number of unbranched alkanes of at least 4 members (excludes halogenated alkanes) is 28. The molecule has 0 fully saturated rings. The summed E-state index contributed by atoms with van der Waals surface area (Å²) in [5.74, 6) is -0.519. The maximum Gasteiger partial charge on any atom is 0.472 e. The summed E-state index contributed by atoms with van der Waals surface area (Å²) in [5, 5.41) is 12.8. The minimum Gasteiger partial charge on any atom is -0.463 e. The Kier molecular flexibility index (Phi) is 47.8. The first-order valence-electron chi connectivity index (χ1n) is 26.1. The van der Waals surface area contributed by atoms with Gasteiger partial charge in [-0.05, 0) is 77.0 Å². The maximum absolute atomic E-state index is 12.2. The second kappa shape index (κ2) is 49.4. The van der Waals surface area contributed by atoms with E-state index in [2.05, 4.69) is 67.8 Å². The van der Waals surface area contributed by atoms with Crippen LogP contribution in [0.2, 0.25) is 0 Å². The van der Waals surface area contributed by atoms with Crippen LogP contribution in [0.15, 0.2) is 48.6 Å². The fourth-order valence-corrected chi connectivity index (χ4v) is 8.02. The van der Waals surface area contributed by atoms with Crippen molar-refractivity contribution in [2.24, 2.45) is 0 Å². The zero-order valence-corrected chi connectivity index (χ0v) is 41.7. The number of aliphatic hydroxyl groups excluding tert-OH is 1. The van der Waals surface area contributed by atoms with E-state index < -0.39 is 26.5 Å². The number of nitrogens with one attached hydrogen (secondary N) is 1. The lowest BCUT2D eigenvalue weighted by Crippen LogP contribution is -2.27. The van der Waals surface area contributed by atoms with Crippen molar-refractivity contribution in [1.29, 1.82) is 0 Å². The van der Waals surface area contributed by atoms with Crippen LogP contribution in [0.25, 0.3) is 0 Å². The summed E-state index contributed by atoms with van der Waals surface area (Å²) in [6, 6.07) is 0. The van der Waals surface area contributed by atoms with Crippen LogP contribution in [0, 0.1) is 0 Å². The van der Waals surface area contributed by atoms with Crippen LogP contribution in [-0.4, -0.2) is 54.3 Å². The zero-order chi connectivity index (χ0) is 46.0. The molecule has 0 rings (SSSR count). The number of ether oxygens (including phenoxy) is 1. The first kappa shape index (κ1) is 61.0. The van der Waals surface area contributed by atoms with Crippen molar-refractivity contribution < 1.29 is 37.9 Å². The van der Waals surface area contributed by atoms with E-state index in [0.717, 1.165) is 57.8 Å². The van der Waals surface area contributed by atoms with Gasteiger partial charge in [0, 0.05) is 19.4 Å². The highest BCUT2D eigenvalue weighted by Gasteiger charge is 2.23. The van der Waals surface area contributed by atoms with Crippen LogP contribution in [0.5, 0.6) is 0 Å². The van der Waals surface area contributed by atoms with Crippen LogP contribution < -0.4 is 5.32 Å². The average molecular weight is 908 g/mol. The Balaban J connectivity index is 3.56. The minimum absolute atomic E-state index is 0.0769. The molecular formula is C53H98NO8P. The van der Waals surface area contributed by atoms with E-state index in [1.165, 1.54) is 161 Å². The van der Waals surface area contributed by atoms with E-state index in [1.807, 2.05) is 0 Å². The van der Waals surface area contributed by atoms with Gasteiger partial charge in [-0.25, -0.2) is 4.57 Å². The molecule has 10 heteroatoms. The number of phosphoric acid groups is 1. The molecule has 3 N–H and O–H groups in total. The number of aliphatic hydroxyl groups is 1. The first-order chi connectivity index (χ1) is 30.8. The van der Waals surface area contributed by atoms with Crippen molar-refractivity contribution in [2.75, 3.05) is 26.4 Å². The maximum atomic E-state index is 12.2. The number of hydrogen-bond donors (Lipinski definition) is 3. The number of rotatable bonds is 49. The monoisotopic (exact) mass is 908 g/mol. The lowest BCUT2D eigenvalue weighted by molar-refractivity contribution is -0.147. The molecular weight excluding hydrogens is 810 g/mol. The molecule has 0 radical (unpaired) electrons. The Labute approximate surface area is 387 Å². The summed E-state index contributed by atoms with van der Waals surface area (Å²) < 4.78 is 27.0. The number of carbonyl (C=O) groups is 2. The highest BCUT2D eigenvalue weighted by Crippen LogP contribution is 2.42. The van der Waals surface area contributed by atoms with Crippen LogP contribution in [0.3, 0.4) is 0 Å². The van der Waals surface area contributed by atoms with Gasteiger partial charge in [-0.2, -0.15) is 0 Å². The van der Waals surface area contributed by atoms with Gasteiger partial charge in [-0.15, -0.1) is 0 Å². The zero-order valence-electron chi connectivity index (χ0n) is 40.8. The number of phosphoric ester groups is 1. The van der Waals surface area contributed by atoms with Crippen LogP contribution in [0.4, 0.5) is 0 Å². The molecule has 0 aromatic heterocycles. The van der Waals surface area contributed by atoms with E-state index in [9.17, 15) is 24.2 Å². The van der Waals surface area contributed by atoms with Crippen LogP contribution in [-0.2, 0) is 27.9 Å². The van der Waals surface area contributed by atoms with Gasteiger partial charge in [-0.3, -0.25) is 18.6 Å². The molecule has 0 bridgehead atoms. The standard InChI is InChI=1S/C53H98NO8P/c1-3-5-7-9-11-13-15-17-19-21-23-25-27-29-31-33-35-37-39-41-43-45-52(56)54-47-48-61-63(58,59)62-50-51(55)49-60-53(57)46-44-42-40-38-36-34-32-30-28-26-24-22-20-18-16-14-12-10-8-6-4-2/h11,13,17-20,23,25,51,55H,3-10,12,14-16,21-22,24,26-50H2,1-2H3,(H,54,56)(H,58,59)/b13-11-,19-17-,20-18+,25-23-. The molecule has 0 saturated heterocycles. The smallest absolute Gasteiger partial charge is 0.463 e. The van der Waals surface area contributed by atoms with Crippen molar-refractivity contribution in [3.05, 3.63) is 48.6 Å². The Morgan fingerprint density at radius 3 is 1.33 bits per heavy atom. The third kappa shape index (κ3) is 50.8. The van der Waals surface area contributed by atoms with E-state index >= 15 is 0 Å². The van der Waals surface area contributed by atoms with Crippen molar-refractivity contribution in [2.45, 2.75) is 251 Å². The predicted molar refractivity (Wildman–Crippen MR) is 266 cm³/mol. The highest BCUT2D eigenvalue weighted by atomic mass is 31.2. The Bertz CT molecular complexity index is 1170. The van der Waals surface area contributed by atoms with Gasteiger partial charge in [0.1, 0.15) is 12.7 Å². The number of carbonyl (C=O) groups excluding carboxylic acids is 2. The summed E-state index contributed by atoms with van der Waals surface area (Å²) in [5.41, 5.74) is 0. The molecule has 9 nitrogen and oxygen atoms in total. The van der Waals surface area contributed by atoms with E-state index in [-0.39, 0.29) is 32.1 Å². The third-order valence-electron chi connectivity index (χ3n) is 11.2. The van der Waals surface area contributed by atoms with Gasteiger partial charge in [-0.1, -0.05) is 204 Å². The predicted octanol–water partition coefficient (Wildman–Crippen LogP) is 15.4. The summed E-state index contributed by atoms with van der Waals surface area (Å²) in [6.45, 7) is 3.54. The molecule has 0 heterocycles. The highest BCUT2D eigenvalue weighted by molar-refractivity contribution is 7.47. The van der Waals surface area contributed by atoms with Crippen molar-refractivity contribution in [3.63, 3.8) is 0 Å². The molecule has 0 aromatic carbocycles. The van der Waals surface area contributed by atoms with Crippen molar-refractivity contribution in [3.8, 4) is 0 Å². The summed E-state index contributed by atoms with van der Waals surface area (Å²) in [7, 11) is -4.43. The molecule has 0 aliphatic heterocycles. The molecule has 368 valence electrons. The Hall–Kier alpha value is -2.03. The average Bonchev–Trinajstić information content (AvgIpc) is 3.27. The molecule has 2 atom stereocenters. The molecule has 0 spiro atoms. The van der Waals surface area contributed by atoms with Crippen molar-refractivity contribution in [1.82, 2.24) is 5.32 Å². The van der Waals surface area contributed by atoms with Crippen molar-refractivity contribution >= 4 is 19.7 Å². The number of esters is 1. The van der Waals surface area contributed by atoms with Gasteiger partial charge >= 0.3 is 13.8 Å². The SMILES string of the molecule is CCCCC/C=C\C/C=C\C/C=C\CCCCCCCCCCC(=O)NCCOP(=O)(O)OCC(O)COC(=O)CCCCCCCCCCCCC/C=C/CCCCCCCC. The van der Waals surface area contributed by atoms with Gasteiger partial charge < -0.3 is 20.1 Å². The van der Waals surface area contributed by atoms with Crippen LogP contribution in [0.1, 0.15) is 245 Å². The van der Waals surface area contributed by atoms with E-state index in [1.54, 1.807) is 0 Å². The summed E-state index contributed by atoms with van der Waals surface area (Å²) in [4.78, 5) is 34.1. The van der Waals surface area contributed by atoms with E-state index in [4.69, 9.17) is 13.8 Å². The molecule has 2 unspecified atom stereocenters. The van der Waals surface area contributed by atoms with Gasteiger partial charge in [0.05, 0.1) is 13.2 Å². The molecule has 1 amide bonds. The largest absolute Gasteiger partial charge is 0.472 e. The summed E-state index contributed by atoms with van der Waals surface area (Å²) >= 11 is 0. The number of allylic oxidation sites excluding steroid dienone is 8. The minimum atomic E-state index is -4.43. The molecule has 0 saturated carbocycles. The Morgan fingerprint density at radius 2 is 0.857 bits per heavy atom. The Morgan fingerprint density at radius 1 is 0.492 bits per heavy atom. The first-order valence-corrected chi connectivity index (χ1v) is 27.6. The van der Waals surface area contributed by atoms with Gasteiger partial charge in [0.2, 0.25) is 5.91 Å². The second-order valence-electron chi connectivity index (χ2n) is 17.5. The molecule has 63 heavy (non-hydrogen) atoms. The number of amides is 1. The fraction of sp³-hybridized carbons (Fsp3) is 0.811. The quantitative estimate of drug-likeness (QED) is 0.0238. The molecule has 0 aliphatic carbocycles. The topological polar surface area (TPSA) is 131 Å². The van der Waals surface area contributed by atoms with E-state index in [0.29, 0.717) is 6.42 Å². The fourth-order valence-electron chi connectivity index (χ4n) is 7.27. The summed E-state index contributed by atoms with van der Waals surface area (Å²) in [6.07, 6.45) is 59.0. The third-order valence-corrected chi connectivity index (χ3v) is 12.2. The molecule has 0 aromatic rings. The van der Waals surface area contributed by atoms with Crippen LogP contribution >= 0.6 is 7.82 Å². The lowest BCUT2D eigenvalue weighted by atomic mass is 10.0.